The van der Waals surface area contributed by atoms with Gasteiger partial charge in [-0.2, -0.15) is 0 Å². The van der Waals surface area contributed by atoms with Crippen LogP contribution in [0.15, 0.2) is 41.1 Å². The monoisotopic (exact) mass is 346 g/mol. The van der Waals surface area contributed by atoms with Crippen molar-refractivity contribution in [2.75, 3.05) is 6.54 Å². The molecule has 2 heterocycles. The molecule has 21 heavy (non-hydrogen) atoms. The summed E-state index contributed by atoms with van der Waals surface area (Å²) in [6, 6.07) is 7.60. The molecule has 0 saturated heterocycles. The Morgan fingerprint density at radius 3 is 3.00 bits per heavy atom. The van der Waals surface area contributed by atoms with Gasteiger partial charge in [-0.05, 0) is 51.2 Å². The largest absolute Gasteiger partial charge is 0.478 e. The molecule has 5 heteroatoms. The number of aromatic nitrogens is 1. The molecule has 0 bridgehead atoms. The van der Waals surface area contributed by atoms with Gasteiger partial charge in [0.2, 0.25) is 0 Å². The smallest absolute Gasteiger partial charge is 0.335 e. The Hall–Kier alpha value is -1.72. The van der Waals surface area contributed by atoms with E-state index in [1.807, 2.05) is 18.3 Å². The van der Waals surface area contributed by atoms with E-state index in [0.29, 0.717) is 5.56 Å². The molecule has 1 aliphatic heterocycles. The molecule has 0 aliphatic carbocycles. The van der Waals surface area contributed by atoms with Crippen LogP contribution in [0.1, 0.15) is 27.0 Å². The van der Waals surface area contributed by atoms with Crippen molar-refractivity contribution in [3.05, 3.63) is 63.4 Å². The van der Waals surface area contributed by atoms with E-state index in [2.05, 4.69) is 31.9 Å². The van der Waals surface area contributed by atoms with Crippen LogP contribution >= 0.6 is 15.9 Å². The molecule has 0 unspecified atom stereocenters. The summed E-state index contributed by atoms with van der Waals surface area (Å²) in [4.78, 5) is 17.8. The van der Waals surface area contributed by atoms with Gasteiger partial charge < -0.3 is 5.11 Å². The van der Waals surface area contributed by atoms with Gasteiger partial charge in [0.05, 0.1) is 5.56 Å². The third-order valence-corrected chi connectivity index (χ3v) is 4.18. The number of nitrogens with zero attached hydrogens (tertiary/aromatic N) is 2. The van der Waals surface area contributed by atoms with Gasteiger partial charge in [-0.15, -0.1) is 0 Å². The Kier molecular flexibility index (Phi) is 4.03. The summed E-state index contributed by atoms with van der Waals surface area (Å²) in [5, 5.41) is 9.25. The number of aromatic carboxylic acids is 1. The zero-order valence-corrected chi connectivity index (χ0v) is 13.0. The molecule has 0 radical (unpaired) electrons. The van der Waals surface area contributed by atoms with Crippen LogP contribution in [-0.4, -0.2) is 27.5 Å². The third kappa shape index (κ3) is 3.14. The van der Waals surface area contributed by atoms with Crippen molar-refractivity contribution in [2.45, 2.75) is 19.5 Å². The predicted molar refractivity (Wildman–Crippen MR) is 83.2 cm³/mol. The quantitative estimate of drug-likeness (QED) is 0.927. The Morgan fingerprint density at radius 2 is 2.24 bits per heavy atom. The van der Waals surface area contributed by atoms with E-state index < -0.39 is 5.97 Å². The Labute approximate surface area is 131 Å². The molecule has 1 N–H and O–H groups in total. The van der Waals surface area contributed by atoms with Crippen LogP contribution in [0, 0.1) is 0 Å². The zero-order valence-electron chi connectivity index (χ0n) is 11.4. The number of hydrogen-bond donors (Lipinski definition) is 1. The highest BCUT2D eigenvalue weighted by Crippen LogP contribution is 2.24. The molecule has 0 atom stereocenters. The maximum Gasteiger partial charge on any atom is 0.335 e. The normalized spacial score (nSPS) is 14.7. The summed E-state index contributed by atoms with van der Waals surface area (Å²) in [6.07, 6.45) is 4.42. The second-order valence-electron chi connectivity index (χ2n) is 5.22. The number of halogens is 1. The summed E-state index contributed by atoms with van der Waals surface area (Å²) in [7, 11) is 0. The van der Waals surface area contributed by atoms with Gasteiger partial charge in [0.15, 0.2) is 0 Å². The van der Waals surface area contributed by atoms with Crippen molar-refractivity contribution in [2.24, 2.45) is 0 Å². The Morgan fingerprint density at radius 1 is 1.38 bits per heavy atom. The molecule has 1 aliphatic rings. The first kappa shape index (κ1) is 14.2. The molecule has 0 fully saturated rings. The molecule has 0 spiro atoms. The van der Waals surface area contributed by atoms with E-state index in [-0.39, 0.29) is 0 Å². The van der Waals surface area contributed by atoms with Crippen molar-refractivity contribution < 1.29 is 9.90 Å². The lowest BCUT2D eigenvalue weighted by Crippen LogP contribution is -2.31. The van der Waals surface area contributed by atoms with Crippen LogP contribution < -0.4 is 0 Å². The van der Waals surface area contributed by atoms with E-state index in [4.69, 9.17) is 0 Å². The summed E-state index contributed by atoms with van der Waals surface area (Å²) in [5.74, 6) is -0.837. The van der Waals surface area contributed by atoms with Gasteiger partial charge in [-0.1, -0.05) is 12.1 Å². The number of rotatable bonds is 3. The topological polar surface area (TPSA) is 53.4 Å². The average molecular weight is 347 g/mol. The van der Waals surface area contributed by atoms with Crippen LogP contribution in [-0.2, 0) is 19.5 Å². The molecular weight excluding hydrogens is 332 g/mol. The highest BCUT2D eigenvalue weighted by Gasteiger charge is 2.21. The molecule has 1 aromatic carbocycles. The van der Waals surface area contributed by atoms with Crippen LogP contribution in [0.2, 0.25) is 0 Å². The molecule has 3 rings (SSSR count). The second-order valence-corrected chi connectivity index (χ2v) is 6.14. The predicted octanol–water partition coefficient (Wildman–Crippen LogP) is 3.10. The molecule has 0 saturated carbocycles. The maximum atomic E-state index is 11.3. The molecule has 2 aromatic rings. The number of pyridine rings is 1. The molecule has 108 valence electrons. The minimum Gasteiger partial charge on any atom is -0.478 e. The number of benzene rings is 1. The summed E-state index contributed by atoms with van der Waals surface area (Å²) in [5.41, 5.74) is 3.69. The van der Waals surface area contributed by atoms with Crippen LogP contribution in [0.25, 0.3) is 0 Å². The number of hydrogen-bond acceptors (Lipinski definition) is 3. The molecule has 1 aromatic heterocycles. The summed E-state index contributed by atoms with van der Waals surface area (Å²) >= 11 is 3.43. The first-order valence-corrected chi connectivity index (χ1v) is 7.58. The van der Waals surface area contributed by atoms with Crippen molar-refractivity contribution in [1.82, 2.24) is 9.88 Å². The summed E-state index contributed by atoms with van der Waals surface area (Å²) < 4.78 is 0.977. The van der Waals surface area contributed by atoms with Crippen molar-refractivity contribution in [1.29, 1.82) is 0 Å². The SMILES string of the molecule is O=C(O)c1cccc2c1CCN(Cc1cncc(Br)c1)C2. The fraction of sp³-hybridized carbons (Fsp3) is 0.250. The van der Waals surface area contributed by atoms with Crippen molar-refractivity contribution >= 4 is 21.9 Å². The van der Waals surface area contributed by atoms with Crippen molar-refractivity contribution in [3.63, 3.8) is 0 Å². The van der Waals surface area contributed by atoms with Gasteiger partial charge in [0.1, 0.15) is 0 Å². The standard InChI is InChI=1S/C16H15BrN2O2/c17-13-6-11(7-18-8-13)9-19-5-4-14-12(10-19)2-1-3-15(14)16(20)21/h1-3,6-8H,4-5,9-10H2,(H,20,21). The van der Waals surface area contributed by atoms with Gasteiger partial charge in [-0.3, -0.25) is 9.88 Å². The fourth-order valence-electron chi connectivity index (χ4n) is 2.80. The average Bonchev–Trinajstić information content (AvgIpc) is 2.46. The van der Waals surface area contributed by atoms with E-state index >= 15 is 0 Å². The highest BCUT2D eigenvalue weighted by atomic mass is 79.9. The first-order valence-electron chi connectivity index (χ1n) is 6.79. The Bertz CT molecular complexity index is 688. The highest BCUT2D eigenvalue weighted by molar-refractivity contribution is 9.10. The van der Waals surface area contributed by atoms with Gasteiger partial charge in [0, 0.05) is 36.5 Å². The third-order valence-electron chi connectivity index (χ3n) is 3.74. The minimum atomic E-state index is -0.837. The first-order chi connectivity index (χ1) is 10.1. The van der Waals surface area contributed by atoms with Crippen molar-refractivity contribution in [3.8, 4) is 0 Å². The number of carbonyl (C=O) groups is 1. The van der Waals surface area contributed by atoms with Crippen LogP contribution in [0.5, 0.6) is 0 Å². The molecule has 4 nitrogen and oxygen atoms in total. The lowest BCUT2D eigenvalue weighted by Gasteiger charge is -2.29. The zero-order chi connectivity index (χ0) is 14.8. The van der Waals surface area contributed by atoms with Crippen LogP contribution in [0.4, 0.5) is 0 Å². The van der Waals surface area contributed by atoms with E-state index in [1.165, 1.54) is 0 Å². The van der Waals surface area contributed by atoms with E-state index in [1.54, 1.807) is 12.3 Å². The lowest BCUT2D eigenvalue weighted by molar-refractivity contribution is 0.0694. The van der Waals surface area contributed by atoms with Gasteiger partial charge in [-0.25, -0.2) is 4.79 Å². The number of carboxylic acids is 1. The van der Waals surface area contributed by atoms with E-state index in [9.17, 15) is 9.90 Å². The van der Waals surface area contributed by atoms with Gasteiger partial charge >= 0.3 is 5.97 Å². The van der Waals surface area contributed by atoms with Crippen LogP contribution in [0.3, 0.4) is 0 Å². The second kappa shape index (κ2) is 5.95. The number of carboxylic acid groups (broad SMARTS) is 1. The minimum absolute atomic E-state index is 0.441. The molecular formula is C16H15BrN2O2. The van der Waals surface area contributed by atoms with E-state index in [0.717, 1.165) is 47.2 Å². The Balaban J connectivity index is 1.79. The fourth-order valence-corrected chi connectivity index (χ4v) is 3.22. The van der Waals surface area contributed by atoms with Gasteiger partial charge in [0.25, 0.3) is 0 Å². The summed E-state index contributed by atoms with van der Waals surface area (Å²) in [6.45, 7) is 2.47. The maximum absolute atomic E-state index is 11.3. The number of fused-ring (bicyclic) bond motifs is 1. The molecule has 0 amide bonds. The lowest BCUT2D eigenvalue weighted by atomic mass is 9.94.